The summed E-state index contributed by atoms with van der Waals surface area (Å²) in [6, 6.07) is -3.90. The number of hydrogen-bond acceptors (Lipinski definition) is 7. The maximum absolute atomic E-state index is 12.1. The second-order valence-electron chi connectivity index (χ2n) is 5.69. The van der Waals surface area contributed by atoms with Crippen LogP contribution in [0.2, 0.25) is 0 Å². The average Bonchev–Trinajstić information content (AvgIpc) is 2.50. The van der Waals surface area contributed by atoms with Crippen molar-refractivity contribution in [2.45, 2.75) is 56.8 Å². The summed E-state index contributed by atoms with van der Waals surface area (Å²) in [6.07, 6.45) is -0.287. The largest absolute Gasteiger partial charge is 0.480 e. The van der Waals surface area contributed by atoms with Crippen molar-refractivity contribution >= 4 is 23.7 Å². The Balaban J connectivity index is 4.86. The molecule has 0 heterocycles. The van der Waals surface area contributed by atoms with Crippen LogP contribution in [0.15, 0.2) is 0 Å². The van der Waals surface area contributed by atoms with Crippen LogP contribution in [0.25, 0.3) is 0 Å². The molecule has 0 aromatic heterocycles. The maximum Gasteiger partial charge on any atom is 0.326 e. The highest BCUT2D eigenvalue weighted by atomic mass is 16.4. The molecule has 0 aliphatic heterocycles. The molecule has 0 aromatic carbocycles. The van der Waals surface area contributed by atoms with E-state index in [1.807, 2.05) is 0 Å². The summed E-state index contributed by atoms with van der Waals surface area (Å²) in [5.74, 6) is -4.03. The molecule has 0 aliphatic carbocycles. The molecule has 4 atom stereocenters. The summed E-state index contributed by atoms with van der Waals surface area (Å²) in [5.41, 5.74) is 16.0. The molecular formula is C14H27N5O6. The number of primary amides is 1. The van der Waals surface area contributed by atoms with Gasteiger partial charge in [-0.1, -0.05) is 6.42 Å². The number of carbonyl (C=O) groups excluding carboxylic acids is 3. The standard InChI is InChI=1S/C14H27N5O6/c1-7(20)11(19-12(22)8(16)4-2-3-5-15)13(23)18-9(14(24)25)6-10(17)21/h7-9,11,20H,2-6,15-16H2,1H3,(H2,17,21)(H,18,23)(H,19,22)(H,24,25)/t7-,8+,9+,11+/m1/s1. The van der Waals surface area contributed by atoms with Crippen molar-refractivity contribution < 1.29 is 29.4 Å². The highest BCUT2D eigenvalue weighted by Gasteiger charge is 2.31. The van der Waals surface area contributed by atoms with Gasteiger partial charge in [0.2, 0.25) is 17.7 Å². The number of amides is 3. The molecule has 0 bridgehead atoms. The molecule has 0 radical (unpaired) electrons. The van der Waals surface area contributed by atoms with Gasteiger partial charge >= 0.3 is 5.97 Å². The van der Waals surface area contributed by atoms with Crippen molar-refractivity contribution in [2.75, 3.05) is 6.54 Å². The number of hydrogen-bond donors (Lipinski definition) is 7. The molecule has 10 N–H and O–H groups in total. The minimum Gasteiger partial charge on any atom is -0.480 e. The number of aliphatic hydroxyl groups is 1. The summed E-state index contributed by atoms with van der Waals surface area (Å²) in [7, 11) is 0. The molecule has 0 saturated carbocycles. The van der Waals surface area contributed by atoms with Gasteiger partial charge in [0.05, 0.1) is 18.6 Å². The third-order valence-corrected chi connectivity index (χ3v) is 3.39. The first-order chi connectivity index (χ1) is 11.6. The van der Waals surface area contributed by atoms with Crippen LogP contribution in [-0.2, 0) is 19.2 Å². The van der Waals surface area contributed by atoms with E-state index >= 15 is 0 Å². The highest BCUT2D eigenvalue weighted by molar-refractivity contribution is 5.93. The number of unbranched alkanes of at least 4 members (excludes halogenated alkanes) is 1. The van der Waals surface area contributed by atoms with Crippen molar-refractivity contribution in [3.63, 3.8) is 0 Å². The lowest BCUT2D eigenvalue weighted by atomic mass is 10.1. The van der Waals surface area contributed by atoms with Crippen LogP contribution in [0.4, 0.5) is 0 Å². The Bertz CT molecular complexity index is 484. The molecule has 144 valence electrons. The predicted octanol–water partition coefficient (Wildman–Crippen LogP) is -3.25. The number of carbonyl (C=O) groups is 4. The van der Waals surface area contributed by atoms with E-state index in [1.165, 1.54) is 6.92 Å². The molecular weight excluding hydrogens is 334 g/mol. The van der Waals surface area contributed by atoms with E-state index in [9.17, 15) is 24.3 Å². The summed E-state index contributed by atoms with van der Waals surface area (Å²) in [5, 5.41) is 23.0. The van der Waals surface area contributed by atoms with Gasteiger partial charge in [0.1, 0.15) is 12.1 Å². The van der Waals surface area contributed by atoms with E-state index in [1.54, 1.807) is 0 Å². The molecule has 11 nitrogen and oxygen atoms in total. The fourth-order valence-corrected chi connectivity index (χ4v) is 1.97. The van der Waals surface area contributed by atoms with E-state index in [0.29, 0.717) is 25.8 Å². The number of carboxylic acid groups (broad SMARTS) is 1. The number of aliphatic hydroxyl groups excluding tert-OH is 1. The molecule has 25 heavy (non-hydrogen) atoms. The monoisotopic (exact) mass is 361 g/mol. The van der Waals surface area contributed by atoms with Gasteiger partial charge in [-0.2, -0.15) is 0 Å². The summed E-state index contributed by atoms with van der Waals surface area (Å²) < 4.78 is 0. The zero-order valence-corrected chi connectivity index (χ0v) is 14.1. The Hall–Kier alpha value is -2.24. The molecule has 0 aliphatic rings. The Morgan fingerprint density at radius 2 is 1.68 bits per heavy atom. The number of nitrogens with two attached hydrogens (primary N) is 3. The quantitative estimate of drug-likeness (QED) is 0.175. The van der Waals surface area contributed by atoms with Gasteiger partial charge in [-0.25, -0.2) is 4.79 Å². The molecule has 0 aromatic rings. The molecule has 0 rings (SSSR count). The highest BCUT2D eigenvalue weighted by Crippen LogP contribution is 2.02. The van der Waals surface area contributed by atoms with Crippen molar-refractivity contribution in [3.05, 3.63) is 0 Å². The molecule has 0 unspecified atom stereocenters. The molecule has 0 saturated heterocycles. The van der Waals surface area contributed by atoms with Crippen molar-refractivity contribution in [1.29, 1.82) is 0 Å². The Morgan fingerprint density at radius 1 is 1.08 bits per heavy atom. The van der Waals surface area contributed by atoms with Crippen LogP contribution in [-0.4, -0.2) is 64.7 Å². The van der Waals surface area contributed by atoms with Gasteiger partial charge in [0.15, 0.2) is 0 Å². The smallest absolute Gasteiger partial charge is 0.326 e. The SMILES string of the molecule is C[C@@H](O)[C@H](NC(=O)[C@@H](N)CCCCN)C(=O)N[C@@H](CC(N)=O)C(=O)O. The fourth-order valence-electron chi connectivity index (χ4n) is 1.97. The van der Waals surface area contributed by atoms with Gasteiger partial charge in [0, 0.05) is 0 Å². The van der Waals surface area contributed by atoms with E-state index < -0.39 is 54.3 Å². The molecule has 3 amide bonds. The third kappa shape index (κ3) is 8.98. The third-order valence-electron chi connectivity index (χ3n) is 3.39. The zero-order chi connectivity index (χ0) is 19.6. The van der Waals surface area contributed by atoms with Crippen LogP contribution in [0, 0.1) is 0 Å². The molecule has 0 fully saturated rings. The number of aliphatic carboxylic acids is 1. The Morgan fingerprint density at radius 3 is 2.12 bits per heavy atom. The lowest BCUT2D eigenvalue weighted by molar-refractivity contribution is -0.144. The van der Waals surface area contributed by atoms with Crippen LogP contribution in [0.3, 0.4) is 0 Å². The van der Waals surface area contributed by atoms with Gasteiger partial charge < -0.3 is 38.0 Å². The maximum atomic E-state index is 12.1. The van der Waals surface area contributed by atoms with Crippen LogP contribution in [0.5, 0.6) is 0 Å². The van der Waals surface area contributed by atoms with E-state index in [-0.39, 0.29) is 0 Å². The van der Waals surface area contributed by atoms with Crippen molar-refractivity contribution in [3.8, 4) is 0 Å². The summed E-state index contributed by atoms with van der Waals surface area (Å²) in [6.45, 7) is 1.71. The van der Waals surface area contributed by atoms with Crippen LogP contribution >= 0.6 is 0 Å². The number of rotatable bonds is 12. The summed E-state index contributed by atoms with van der Waals surface area (Å²) in [4.78, 5) is 46.0. The first-order valence-corrected chi connectivity index (χ1v) is 7.85. The summed E-state index contributed by atoms with van der Waals surface area (Å²) >= 11 is 0. The minimum atomic E-state index is -1.57. The average molecular weight is 361 g/mol. The first kappa shape index (κ1) is 22.8. The van der Waals surface area contributed by atoms with E-state index in [4.69, 9.17) is 22.3 Å². The van der Waals surface area contributed by atoms with Crippen LogP contribution in [0.1, 0.15) is 32.6 Å². The lowest BCUT2D eigenvalue weighted by Crippen LogP contribution is -2.58. The second kappa shape index (κ2) is 11.3. The van der Waals surface area contributed by atoms with Crippen molar-refractivity contribution in [2.24, 2.45) is 17.2 Å². The normalized spacial score (nSPS) is 15.5. The lowest BCUT2D eigenvalue weighted by Gasteiger charge is -2.24. The van der Waals surface area contributed by atoms with Gasteiger partial charge in [-0.05, 0) is 26.3 Å². The van der Waals surface area contributed by atoms with Crippen LogP contribution < -0.4 is 27.8 Å². The first-order valence-electron chi connectivity index (χ1n) is 7.85. The molecule has 0 spiro atoms. The number of carboxylic acids is 1. The van der Waals surface area contributed by atoms with Gasteiger partial charge in [-0.3, -0.25) is 14.4 Å². The second-order valence-corrected chi connectivity index (χ2v) is 5.69. The van der Waals surface area contributed by atoms with E-state index in [2.05, 4.69) is 10.6 Å². The van der Waals surface area contributed by atoms with Crippen molar-refractivity contribution in [1.82, 2.24) is 10.6 Å². The Kier molecular flexibility index (Phi) is 10.3. The predicted molar refractivity (Wildman–Crippen MR) is 87.9 cm³/mol. The van der Waals surface area contributed by atoms with Gasteiger partial charge in [0.25, 0.3) is 0 Å². The zero-order valence-electron chi connectivity index (χ0n) is 14.1. The van der Waals surface area contributed by atoms with E-state index in [0.717, 1.165) is 0 Å². The minimum absolute atomic E-state index is 0.344. The Labute approximate surface area is 145 Å². The van der Waals surface area contributed by atoms with Gasteiger partial charge in [-0.15, -0.1) is 0 Å². The molecule has 11 heteroatoms. The number of nitrogens with one attached hydrogen (secondary N) is 2. The fraction of sp³-hybridized carbons (Fsp3) is 0.714. The topological polar surface area (TPSA) is 211 Å².